The summed E-state index contributed by atoms with van der Waals surface area (Å²) in [5.41, 5.74) is 1.62. The van der Waals surface area contributed by atoms with Crippen molar-refractivity contribution < 1.29 is 0 Å². The van der Waals surface area contributed by atoms with Crippen molar-refractivity contribution >= 4 is 0 Å². The summed E-state index contributed by atoms with van der Waals surface area (Å²) in [5.74, 6) is 0.821. The molecule has 1 aromatic rings. The van der Waals surface area contributed by atoms with Gasteiger partial charge in [0.2, 0.25) is 0 Å². The lowest BCUT2D eigenvalue weighted by Crippen LogP contribution is -2.41. The van der Waals surface area contributed by atoms with Crippen molar-refractivity contribution in [1.82, 2.24) is 10.3 Å². The molecule has 1 aliphatic rings. The van der Waals surface area contributed by atoms with E-state index in [9.17, 15) is 0 Å². The number of aromatic nitrogens is 1. The zero-order valence-corrected chi connectivity index (χ0v) is 12.1. The Morgan fingerprint density at radius 3 is 2.72 bits per heavy atom. The lowest BCUT2D eigenvalue weighted by atomic mass is 9.70. The van der Waals surface area contributed by atoms with Gasteiger partial charge in [0.1, 0.15) is 0 Å². The Hall–Kier alpha value is -0.890. The fourth-order valence-corrected chi connectivity index (χ4v) is 3.54. The molecule has 0 aliphatic heterocycles. The van der Waals surface area contributed by atoms with Crippen molar-refractivity contribution in [1.29, 1.82) is 0 Å². The van der Waals surface area contributed by atoms with Gasteiger partial charge in [-0.1, -0.05) is 26.8 Å². The molecule has 0 radical (unpaired) electrons. The van der Waals surface area contributed by atoms with Crippen LogP contribution in [0, 0.1) is 11.3 Å². The number of nitrogens with zero attached hydrogens (tertiary/aromatic N) is 1. The SMILES string of the molecule is CC1CC(NC(C)c2ccccn2)CC(C)(C)C1. The molecule has 1 N–H and O–H groups in total. The van der Waals surface area contributed by atoms with E-state index in [0.717, 1.165) is 11.6 Å². The Morgan fingerprint density at radius 1 is 1.33 bits per heavy atom. The first-order valence-corrected chi connectivity index (χ1v) is 7.13. The quantitative estimate of drug-likeness (QED) is 0.873. The molecule has 2 rings (SSSR count). The molecule has 1 aliphatic carbocycles. The molecule has 1 fully saturated rings. The predicted octanol–water partition coefficient (Wildman–Crippen LogP) is 3.95. The van der Waals surface area contributed by atoms with Gasteiger partial charge in [-0.25, -0.2) is 0 Å². The van der Waals surface area contributed by atoms with Gasteiger partial charge in [-0.2, -0.15) is 0 Å². The summed E-state index contributed by atoms with van der Waals surface area (Å²) in [4.78, 5) is 4.44. The highest BCUT2D eigenvalue weighted by molar-refractivity contribution is 5.08. The number of hydrogen-bond donors (Lipinski definition) is 1. The molecule has 0 saturated heterocycles. The second-order valence-electron chi connectivity index (χ2n) is 6.75. The first-order valence-electron chi connectivity index (χ1n) is 7.13. The Kier molecular flexibility index (Phi) is 4.06. The van der Waals surface area contributed by atoms with Gasteiger partial charge in [0.05, 0.1) is 5.69 Å². The van der Waals surface area contributed by atoms with Crippen molar-refractivity contribution in [3.8, 4) is 0 Å². The molecule has 3 atom stereocenters. The number of rotatable bonds is 3. The first kappa shape index (κ1) is 13.5. The summed E-state index contributed by atoms with van der Waals surface area (Å²) in [7, 11) is 0. The van der Waals surface area contributed by atoms with Crippen LogP contribution in [0.1, 0.15) is 58.7 Å². The number of hydrogen-bond acceptors (Lipinski definition) is 2. The van der Waals surface area contributed by atoms with Crippen molar-refractivity contribution in [2.24, 2.45) is 11.3 Å². The normalized spacial score (nSPS) is 28.9. The maximum atomic E-state index is 4.44. The summed E-state index contributed by atoms with van der Waals surface area (Å²) in [6.07, 6.45) is 5.79. The van der Waals surface area contributed by atoms with E-state index in [1.165, 1.54) is 19.3 Å². The lowest BCUT2D eigenvalue weighted by Gasteiger charge is -2.40. The van der Waals surface area contributed by atoms with Crippen molar-refractivity contribution in [2.45, 2.75) is 59.0 Å². The zero-order valence-electron chi connectivity index (χ0n) is 12.1. The molecular formula is C16H26N2. The average molecular weight is 246 g/mol. The van der Waals surface area contributed by atoms with E-state index in [0.29, 0.717) is 17.5 Å². The lowest BCUT2D eigenvalue weighted by molar-refractivity contribution is 0.145. The van der Waals surface area contributed by atoms with Gasteiger partial charge in [-0.05, 0) is 49.7 Å². The first-order chi connectivity index (χ1) is 8.46. The van der Waals surface area contributed by atoms with Gasteiger partial charge in [-0.15, -0.1) is 0 Å². The highest BCUT2D eigenvalue weighted by Crippen LogP contribution is 2.39. The Labute approximate surface area is 111 Å². The second kappa shape index (κ2) is 5.40. The van der Waals surface area contributed by atoms with Crippen LogP contribution in [0.2, 0.25) is 0 Å². The summed E-state index contributed by atoms with van der Waals surface area (Å²) in [6.45, 7) is 9.38. The van der Waals surface area contributed by atoms with Crippen LogP contribution < -0.4 is 5.32 Å². The van der Waals surface area contributed by atoms with Crippen LogP contribution in [0.15, 0.2) is 24.4 Å². The molecule has 18 heavy (non-hydrogen) atoms. The third-order valence-corrected chi connectivity index (χ3v) is 4.00. The molecule has 0 bridgehead atoms. The molecule has 1 aromatic heterocycles. The Bertz CT molecular complexity index is 372. The van der Waals surface area contributed by atoms with Gasteiger partial charge in [-0.3, -0.25) is 4.98 Å². The maximum absolute atomic E-state index is 4.44. The number of pyridine rings is 1. The van der Waals surface area contributed by atoms with E-state index in [4.69, 9.17) is 0 Å². The van der Waals surface area contributed by atoms with Gasteiger partial charge in [0.15, 0.2) is 0 Å². The van der Waals surface area contributed by atoms with Gasteiger partial charge in [0.25, 0.3) is 0 Å². The topological polar surface area (TPSA) is 24.9 Å². The fraction of sp³-hybridized carbons (Fsp3) is 0.688. The van der Waals surface area contributed by atoms with Gasteiger partial charge >= 0.3 is 0 Å². The third kappa shape index (κ3) is 3.55. The second-order valence-corrected chi connectivity index (χ2v) is 6.75. The molecule has 2 nitrogen and oxygen atoms in total. The van der Waals surface area contributed by atoms with E-state index in [1.807, 2.05) is 12.3 Å². The van der Waals surface area contributed by atoms with Crippen LogP contribution in [0.4, 0.5) is 0 Å². The van der Waals surface area contributed by atoms with E-state index in [2.05, 4.69) is 50.1 Å². The maximum Gasteiger partial charge on any atom is 0.0570 e. The molecule has 1 heterocycles. The predicted molar refractivity (Wildman–Crippen MR) is 76.4 cm³/mol. The molecule has 0 amide bonds. The molecule has 3 unspecified atom stereocenters. The smallest absolute Gasteiger partial charge is 0.0570 e. The Morgan fingerprint density at radius 2 is 2.11 bits per heavy atom. The highest BCUT2D eigenvalue weighted by atomic mass is 15.0. The standard InChI is InChI=1S/C16H26N2/c1-12-9-14(11-16(3,4)10-12)18-13(2)15-7-5-6-8-17-15/h5-8,12-14,18H,9-11H2,1-4H3. The largest absolute Gasteiger partial charge is 0.306 e. The molecular weight excluding hydrogens is 220 g/mol. The van der Waals surface area contributed by atoms with Crippen LogP contribution in [-0.2, 0) is 0 Å². The zero-order chi connectivity index (χ0) is 13.2. The minimum atomic E-state index is 0.345. The molecule has 0 aromatic carbocycles. The van der Waals surface area contributed by atoms with Crippen LogP contribution >= 0.6 is 0 Å². The van der Waals surface area contributed by atoms with E-state index in [-0.39, 0.29) is 0 Å². The Balaban J connectivity index is 1.97. The summed E-state index contributed by atoms with van der Waals surface area (Å²) >= 11 is 0. The van der Waals surface area contributed by atoms with Gasteiger partial charge < -0.3 is 5.32 Å². The van der Waals surface area contributed by atoms with Crippen molar-refractivity contribution in [3.05, 3.63) is 30.1 Å². The fourth-order valence-electron chi connectivity index (χ4n) is 3.54. The van der Waals surface area contributed by atoms with Crippen LogP contribution in [-0.4, -0.2) is 11.0 Å². The molecule has 1 saturated carbocycles. The minimum Gasteiger partial charge on any atom is -0.306 e. The summed E-state index contributed by atoms with van der Waals surface area (Å²) in [5, 5.41) is 3.76. The third-order valence-electron chi connectivity index (χ3n) is 4.00. The monoisotopic (exact) mass is 246 g/mol. The van der Waals surface area contributed by atoms with Crippen LogP contribution in [0.5, 0.6) is 0 Å². The van der Waals surface area contributed by atoms with Crippen LogP contribution in [0.3, 0.4) is 0 Å². The van der Waals surface area contributed by atoms with Crippen molar-refractivity contribution in [2.75, 3.05) is 0 Å². The minimum absolute atomic E-state index is 0.345. The average Bonchev–Trinajstić information content (AvgIpc) is 2.27. The highest BCUT2D eigenvalue weighted by Gasteiger charge is 2.32. The van der Waals surface area contributed by atoms with E-state index in [1.54, 1.807) is 0 Å². The molecule has 0 spiro atoms. The molecule has 2 heteroatoms. The number of nitrogens with one attached hydrogen (secondary N) is 1. The summed E-state index contributed by atoms with van der Waals surface area (Å²) < 4.78 is 0. The van der Waals surface area contributed by atoms with Crippen molar-refractivity contribution in [3.63, 3.8) is 0 Å². The van der Waals surface area contributed by atoms with E-state index >= 15 is 0 Å². The van der Waals surface area contributed by atoms with Crippen LogP contribution in [0.25, 0.3) is 0 Å². The van der Waals surface area contributed by atoms with E-state index < -0.39 is 0 Å². The molecule has 100 valence electrons. The summed E-state index contributed by atoms with van der Waals surface area (Å²) in [6, 6.07) is 7.11. The van der Waals surface area contributed by atoms with Gasteiger partial charge in [0, 0.05) is 18.3 Å².